The monoisotopic (exact) mass is 265 g/mol. The molecule has 1 aliphatic heterocycles. The minimum Gasteiger partial charge on any atom is -0.481 e. The van der Waals surface area contributed by atoms with E-state index in [4.69, 9.17) is 14.6 Å². The summed E-state index contributed by atoms with van der Waals surface area (Å²) in [6, 6.07) is 5.81. The van der Waals surface area contributed by atoms with E-state index in [1.54, 1.807) is 0 Å². The Labute approximate surface area is 112 Å². The first kappa shape index (κ1) is 13.7. The van der Waals surface area contributed by atoms with E-state index in [9.17, 15) is 4.79 Å². The third-order valence-corrected chi connectivity index (χ3v) is 3.00. The molecule has 0 atom stereocenters. The second-order valence-corrected chi connectivity index (χ2v) is 5.53. The van der Waals surface area contributed by atoms with Gasteiger partial charge in [0.2, 0.25) is 6.79 Å². The summed E-state index contributed by atoms with van der Waals surface area (Å²) in [7, 11) is 0. The highest BCUT2D eigenvalue weighted by molar-refractivity contribution is 5.67. The normalized spacial score (nSPS) is 13.6. The van der Waals surface area contributed by atoms with Gasteiger partial charge in [0.15, 0.2) is 11.5 Å². The van der Waals surface area contributed by atoms with Crippen LogP contribution >= 0.6 is 0 Å². The van der Waals surface area contributed by atoms with Gasteiger partial charge in [-0.15, -0.1) is 0 Å². The number of rotatable bonds is 6. The van der Waals surface area contributed by atoms with Crippen LogP contribution in [-0.2, 0) is 11.3 Å². The summed E-state index contributed by atoms with van der Waals surface area (Å²) in [5.74, 6) is 0.772. The highest BCUT2D eigenvalue weighted by Gasteiger charge is 2.21. The lowest BCUT2D eigenvalue weighted by atomic mass is 9.89. The van der Waals surface area contributed by atoms with Crippen molar-refractivity contribution in [3.63, 3.8) is 0 Å². The number of fused-ring (bicyclic) bond motifs is 1. The number of nitrogens with one attached hydrogen (secondary N) is 1. The van der Waals surface area contributed by atoms with E-state index in [2.05, 4.69) is 5.32 Å². The SMILES string of the molecule is CC(C)(CNCc1ccc2c(c1)OCO2)CC(=O)O. The molecule has 0 aliphatic carbocycles. The largest absolute Gasteiger partial charge is 0.481 e. The Bertz CT molecular complexity index is 471. The molecule has 0 amide bonds. The summed E-state index contributed by atoms with van der Waals surface area (Å²) in [6.07, 6.45) is 0.154. The number of ether oxygens (including phenoxy) is 2. The van der Waals surface area contributed by atoms with Crippen LogP contribution in [0.25, 0.3) is 0 Å². The van der Waals surface area contributed by atoms with Crippen LogP contribution in [0.15, 0.2) is 18.2 Å². The average molecular weight is 265 g/mol. The number of hydrogen-bond acceptors (Lipinski definition) is 4. The van der Waals surface area contributed by atoms with E-state index in [0.717, 1.165) is 17.1 Å². The fourth-order valence-electron chi connectivity index (χ4n) is 2.07. The van der Waals surface area contributed by atoms with Gasteiger partial charge in [-0.1, -0.05) is 19.9 Å². The summed E-state index contributed by atoms with van der Waals surface area (Å²) in [6.45, 7) is 5.48. The summed E-state index contributed by atoms with van der Waals surface area (Å²) in [4.78, 5) is 10.7. The Morgan fingerprint density at radius 2 is 2.11 bits per heavy atom. The Balaban J connectivity index is 1.84. The van der Waals surface area contributed by atoms with Crippen LogP contribution in [0.3, 0.4) is 0 Å². The van der Waals surface area contributed by atoms with Gasteiger partial charge in [0.25, 0.3) is 0 Å². The molecule has 0 aromatic heterocycles. The van der Waals surface area contributed by atoms with Gasteiger partial charge in [0.05, 0.1) is 6.42 Å². The highest BCUT2D eigenvalue weighted by atomic mass is 16.7. The maximum Gasteiger partial charge on any atom is 0.303 e. The first-order chi connectivity index (χ1) is 8.96. The summed E-state index contributed by atoms with van der Waals surface area (Å²) >= 11 is 0. The maximum absolute atomic E-state index is 10.7. The number of carbonyl (C=O) groups is 1. The van der Waals surface area contributed by atoms with E-state index in [-0.39, 0.29) is 18.6 Å². The van der Waals surface area contributed by atoms with Crippen LogP contribution in [0.4, 0.5) is 0 Å². The third kappa shape index (κ3) is 3.86. The lowest BCUT2D eigenvalue weighted by Crippen LogP contribution is -2.31. The van der Waals surface area contributed by atoms with E-state index >= 15 is 0 Å². The lowest BCUT2D eigenvalue weighted by Gasteiger charge is -2.22. The van der Waals surface area contributed by atoms with Gasteiger partial charge >= 0.3 is 5.97 Å². The van der Waals surface area contributed by atoms with Crippen molar-refractivity contribution in [1.29, 1.82) is 0 Å². The standard InChI is InChI=1S/C14H19NO4/c1-14(2,6-13(16)17)8-15-7-10-3-4-11-12(5-10)19-9-18-11/h3-5,15H,6-9H2,1-2H3,(H,16,17). The highest BCUT2D eigenvalue weighted by Crippen LogP contribution is 2.32. The quantitative estimate of drug-likeness (QED) is 0.823. The smallest absolute Gasteiger partial charge is 0.303 e. The third-order valence-electron chi connectivity index (χ3n) is 3.00. The molecule has 1 aromatic carbocycles. The van der Waals surface area contributed by atoms with Crippen molar-refractivity contribution >= 4 is 5.97 Å². The molecular weight excluding hydrogens is 246 g/mol. The molecule has 1 heterocycles. The van der Waals surface area contributed by atoms with Crippen molar-refractivity contribution < 1.29 is 19.4 Å². The molecule has 5 nitrogen and oxygen atoms in total. The molecule has 5 heteroatoms. The van der Waals surface area contributed by atoms with Gasteiger partial charge in [-0.25, -0.2) is 0 Å². The average Bonchev–Trinajstić information content (AvgIpc) is 2.74. The van der Waals surface area contributed by atoms with Crippen LogP contribution in [0, 0.1) is 5.41 Å². The van der Waals surface area contributed by atoms with Gasteiger partial charge in [-0.3, -0.25) is 4.79 Å². The molecular formula is C14H19NO4. The van der Waals surface area contributed by atoms with Crippen LogP contribution < -0.4 is 14.8 Å². The fraction of sp³-hybridized carbons (Fsp3) is 0.500. The molecule has 0 saturated heterocycles. The second kappa shape index (κ2) is 5.48. The minimum absolute atomic E-state index is 0.154. The molecule has 104 valence electrons. The van der Waals surface area contributed by atoms with Gasteiger partial charge < -0.3 is 19.9 Å². The van der Waals surface area contributed by atoms with Gasteiger partial charge in [-0.2, -0.15) is 0 Å². The fourth-order valence-corrected chi connectivity index (χ4v) is 2.07. The van der Waals surface area contributed by atoms with Crippen molar-refractivity contribution in [2.24, 2.45) is 5.41 Å². The molecule has 0 saturated carbocycles. The second-order valence-electron chi connectivity index (χ2n) is 5.53. The number of hydrogen-bond donors (Lipinski definition) is 2. The summed E-state index contributed by atoms with van der Waals surface area (Å²) in [5, 5.41) is 12.1. The van der Waals surface area contributed by atoms with Gasteiger partial charge in [-0.05, 0) is 23.1 Å². The molecule has 0 spiro atoms. The number of carboxylic acid groups (broad SMARTS) is 1. The van der Waals surface area contributed by atoms with Crippen molar-refractivity contribution in [1.82, 2.24) is 5.32 Å². The molecule has 19 heavy (non-hydrogen) atoms. The molecule has 2 rings (SSSR count). The van der Waals surface area contributed by atoms with E-state index in [1.807, 2.05) is 32.0 Å². The van der Waals surface area contributed by atoms with Gasteiger partial charge in [0.1, 0.15) is 0 Å². The predicted octanol–water partition coefficient (Wildman–Crippen LogP) is 2.01. The van der Waals surface area contributed by atoms with Crippen LogP contribution in [0.1, 0.15) is 25.8 Å². The van der Waals surface area contributed by atoms with Crippen LogP contribution in [-0.4, -0.2) is 24.4 Å². The Morgan fingerprint density at radius 3 is 2.84 bits per heavy atom. The van der Waals surface area contributed by atoms with Crippen LogP contribution in [0.5, 0.6) is 11.5 Å². The molecule has 1 aliphatic rings. The van der Waals surface area contributed by atoms with Gasteiger partial charge in [0, 0.05) is 13.1 Å². The lowest BCUT2D eigenvalue weighted by molar-refractivity contribution is -0.139. The molecule has 0 bridgehead atoms. The van der Waals surface area contributed by atoms with E-state index in [1.165, 1.54) is 0 Å². The van der Waals surface area contributed by atoms with Crippen LogP contribution in [0.2, 0.25) is 0 Å². The Kier molecular flexibility index (Phi) is 3.95. The first-order valence-corrected chi connectivity index (χ1v) is 6.27. The zero-order chi connectivity index (χ0) is 13.9. The van der Waals surface area contributed by atoms with Crippen molar-refractivity contribution in [2.75, 3.05) is 13.3 Å². The van der Waals surface area contributed by atoms with Crippen molar-refractivity contribution in [2.45, 2.75) is 26.8 Å². The zero-order valence-electron chi connectivity index (χ0n) is 11.2. The Hall–Kier alpha value is -1.75. The molecule has 2 N–H and O–H groups in total. The topological polar surface area (TPSA) is 67.8 Å². The molecule has 0 fully saturated rings. The number of aliphatic carboxylic acids is 1. The van der Waals surface area contributed by atoms with E-state index < -0.39 is 5.97 Å². The minimum atomic E-state index is -0.769. The summed E-state index contributed by atoms with van der Waals surface area (Å²) in [5.41, 5.74) is 0.831. The zero-order valence-corrected chi connectivity index (χ0v) is 11.2. The number of benzene rings is 1. The predicted molar refractivity (Wildman–Crippen MR) is 70.3 cm³/mol. The van der Waals surface area contributed by atoms with E-state index in [0.29, 0.717) is 13.1 Å². The molecule has 0 radical (unpaired) electrons. The van der Waals surface area contributed by atoms with Crippen molar-refractivity contribution in [3.8, 4) is 11.5 Å². The van der Waals surface area contributed by atoms with Crippen molar-refractivity contribution in [3.05, 3.63) is 23.8 Å². The maximum atomic E-state index is 10.7. The summed E-state index contributed by atoms with van der Waals surface area (Å²) < 4.78 is 10.6. The molecule has 1 aromatic rings. The molecule has 0 unspecified atom stereocenters. The Morgan fingerprint density at radius 1 is 1.37 bits per heavy atom. The number of carboxylic acids is 1. The first-order valence-electron chi connectivity index (χ1n) is 6.27.